The van der Waals surface area contributed by atoms with Gasteiger partial charge in [0, 0.05) is 18.6 Å². The van der Waals surface area contributed by atoms with E-state index in [1.54, 1.807) is 37.3 Å². The average Bonchev–Trinajstić information content (AvgIpc) is 2.89. The molecule has 9 heteroatoms. The maximum atomic E-state index is 13.8. The highest BCUT2D eigenvalue weighted by Gasteiger charge is 2.33. The molecule has 1 N–H and O–H groups in total. The zero-order valence-corrected chi connectivity index (χ0v) is 22.1. The second-order valence-electron chi connectivity index (χ2n) is 8.30. The van der Waals surface area contributed by atoms with Crippen LogP contribution in [0.1, 0.15) is 24.5 Å². The molecular formula is C27H30ClN3O4S. The fourth-order valence-corrected chi connectivity index (χ4v) is 5.61. The Morgan fingerprint density at radius 3 is 2.17 bits per heavy atom. The molecule has 0 radical (unpaired) electrons. The van der Waals surface area contributed by atoms with Crippen LogP contribution in [0.5, 0.6) is 0 Å². The lowest BCUT2D eigenvalue weighted by Crippen LogP contribution is -2.51. The van der Waals surface area contributed by atoms with Crippen molar-refractivity contribution in [2.45, 2.75) is 37.8 Å². The normalized spacial score (nSPS) is 12.0. The van der Waals surface area contributed by atoms with Crippen LogP contribution in [-0.4, -0.2) is 44.8 Å². The van der Waals surface area contributed by atoms with Gasteiger partial charge in [0.15, 0.2) is 0 Å². The molecule has 0 saturated carbocycles. The maximum absolute atomic E-state index is 13.8. The van der Waals surface area contributed by atoms with E-state index >= 15 is 0 Å². The second kappa shape index (κ2) is 12.1. The molecule has 0 fully saturated rings. The number of hydrogen-bond donors (Lipinski definition) is 1. The van der Waals surface area contributed by atoms with Gasteiger partial charge in [-0.05, 0) is 48.7 Å². The summed E-state index contributed by atoms with van der Waals surface area (Å²) >= 11 is 6.23. The molecule has 0 bridgehead atoms. The first-order chi connectivity index (χ1) is 17.2. The maximum Gasteiger partial charge on any atom is 0.264 e. The Morgan fingerprint density at radius 1 is 0.972 bits per heavy atom. The highest BCUT2D eigenvalue weighted by molar-refractivity contribution is 7.92. The number of hydrogen-bond acceptors (Lipinski definition) is 4. The van der Waals surface area contributed by atoms with Gasteiger partial charge in [0.25, 0.3) is 10.0 Å². The molecule has 3 rings (SSSR count). The molecule has 0 spiro atoms. The van der Waals surface area contributed by atoms with Gasteiger partial charge in [-0.15, -0.1) is 0 Å². The number of halogens is 1. The lowest BCUT2D eigenvalue weighted by Gasteiger charge is -2.33. The van der Waals surface area contributed by atoms with Crippen molar-refractivity contribution in [2.75, 3.05) is 17.9 Å². The van der Waals surface area contributed by atoms with Gasteiger partial charge in [-0.2, -0.15) is 0 Å². The van der Waals surface area contributed by atoms with Crippen LogP contribution < -0.4 is 9.62 Å². The number of anilines is 1. The predicted octanol–water partition coefficient (Wildman–Crippen LogP) is 4.40. The van der Waals surface area contributed by atoms with E-state index in [0.29, 0.717) is 22.7 Å². The number of carbonyl (C=O) groups excluding carboxylic acids is 2. The quantitative estimate of drug-likeness (QED) is 0.423. The van der Waals surface area contributed by atoms with Crippen molar-refractivity contribution in [1.82, 2.24) is 10.2 Å². The molecule has 7 nitrogen and oxygen atoms in total. The zero-order valence-electron chi connectivity index (χ0n) is 20.5. The van der Waals surface area contributed by atoms with Crippen molar-refractivity contribution >= 4 is 39.1 Å². The number of benzene rings is 3. The van der Waals surface area contributed by atoms with Crippen LogP contribution in [0.3, 0.4) is 0 Å². The van der Waals surface area contributed by atoms with Gasteiger partial charge >= 0.3 is 0 Å². The van der Waals surface area contributed by atoms with E-state index in [1.807, 2.05) is 37.3 Å². The van der Waals surface area contributed by atoms with E-state index in [-0.39, 0.29) is 17.3 Å². The molecule has 0 saturated heterocycles. The predicted molar refractivity (Wildman–Crippen MR) is 142 cm³/mol. The number of amides is 2. The van der Waals surface area contributed by atoms with Gasteiger partial charge in [0.05, 0.1) is 10.6 Å². The van der Waals surface area contributed by atoms with Gasteiger partial charge in [0.1, 0.15) is 12.6 Å². The fraction of sp³-hybridized carbons (Fsp3) is 0.259. The van der Waals surface area contributed by atoms with E-state index in [0.717, 1.165) is 9.87 Å². The smallest absolute Gasteiger partial charge is 0.264 e. The monoisotopic (exact) mass is 527 g/mol. The first-order valence-corrected chi connectivity index (χ1v) is 13.4. The Labute approximate surface area is 217 Å². The van der Waals surface area contributed by atoms with Crippen molar-refractivity contribution in [3.63, 3.8) is 0 Å². The summed E-state index contributed by atoms with van der Waals surface area (Å²) in [4.78, 5) is 28.0. The molecule has 3 aromatic rings. The minimum Gasteiger partial charge on any atom is -0.357 e. The van der Waals surface area contributed by atoms with Crippen molar-refractivity contribution in [2.24, 2.45) is 0 Å². The summed E-state index contributed by atoms with van der Waals surface area (Å²) in [5, 5.41) is 2.95. The molecule has 36 heavy (non-hydrogen) atoms. The standard InChI is InChI=1S/C27H30ClN3O4S/c1-4-24(27(33)29-3)30(18-21-11-7-5-8-12-21)26(32)19-31(25-17-22(28)16-15-20(25)2)36(34,35)23-13-9-6-10-14-23/h5-17,24H,4,18-19H2,1-3H3,(H,29,33)/t24-/m1/s1. The van der Waals surface area contributed by atoms with Gasteiger partial charge < -0.3 is 10.2 Å². The number of aryl methyl sites for hydroxylation is 1. The molecule has 3 aromatic carbocycles. The molecule has 0 aliphatic carbocycles. The molecule has 0 aliphatic rings. The lowest BCUT2D eigenvalue weighted by atomic mass is 10.1. The Bertz CT molecular complexity index is 1300. The highest BCUT2D eigenvalue weighted by atomic mass is 35.5. The van der Waals surface area contributed by atoms with Crippen molar-refractivity contribution in [3.8, 4) is 0 Å². The highest BCUT2D eigenvalue weighted by Crippen LogP contribution is 2.30. The van der Waals surface area contributed by atoms with Crippen molar-refractivity contribution in [3.05, 3.63) is 95.0 Å². The summed E-state index contributed by atoms with van der Waals surface area (Å²) in [7, 11) is -2.61. The summed E-state index contributed by atoms with van der Waals surface area (Å²) in [5.74, 6) is -0.827. The largest absolute Gasteiger partial charge is 0.357 e. The Balaban J connectivity index is 2.08. The number of likely N-dealkylation sites (N-methyl/N-ethyl adjacent to an activating group) is 1. The molecule has 2 amide bonds. The Morgan fingerprint density at radius 2 is 1.58 bits per heavy atom. The van der Waals surface area contributed by atoms with E-state index in [4.69, 9.17) is 11.6 Å². The number of carbonyl (C=O) groups is 2. The summed E-state index contributed by atoms with van der Waals surface area (Å²) in [5.41, 5.74) is 1.76. The fourth-order valence-electron chi connectivity index (χ4n) is 3.95. The molecule has 0 aromatic heterocycles. The minimum atomic E-state index is -4.13. The summed E-state index contributed by atoms with van der Waals surface area (Å²) in [6.45, 7) is 3.22. The molecule has 0 heterocycles. The second-order valence-corrected chi connectivity index (χ2v) is 10.6. The molecular weight excluding hydrogens is 498 g/mol. The Kier molecular flexibility index (Phi) is 9.12. The van der Waals surface area contributed by atoms with Crippen LogP contribution in [0.4, 0.5) is 5.69 Å². The van der Waals surface area contributed by atoms with E-state index in [9.17, 15) is 18.0 Å². The third-order valence-electron chi connectivity index (χ3n) is 5.88. The van der Waals surface area contributed by atoms with Crippen molar-refractivity contribution in [1.29, 1.82) is 0 Å². The molecule has 0 unspecified atom stereocenters. The van der Waals surface area contributed by atoms with Gasteiger partial charge in [-0.25, -0.2) is 8.42 Å². The van der Waals surface area contributed by atoms with Crippen molar-refractivity contribution < 1.29 is 18.0 Å². The summed E-state index contributed by atoms with van der Waals surface area (Å²) < 4.78 is 28.6. The molecule has 0 aliphatic heterocycles. The van der Waals surface area contributed by atoms with Gasteiger partial charge in [0.2, 0.25) is 11.8 Å². The van der Waals surface area contributed by atoms with E-state index in [1.165, 1.54) is 30.1 Å². The Hall–Kier alpha value is -3.36. The SMILES string of the molecule is CC[C@H](C(=O)NC)N(Cc1ccccc1)C(=O)CN(c1cc(Cl)ccc1C)S(=O)(=O)c1ccccc1. The minimum absolute atomic E-state index is 0.0464. The number of rotatable bonds is 10. The third-order valence-corrected chi connectivity index (χ3v) is 7.89. The number of sulfonamides is 1. The van der Waals surface area contributed by atoms with E-state index < -0.39 is 28.5 Å². The number of nitrogens with one attached hydrogen (secondary N) is 1. The first kappa shape index (κ1) is 27.2. The number of nitrogens with zero attached hydrogens (tertiary/aromatic N) is 2. The van der Waals surface area contributed by atoms with Crippen LogP contribution in [-0.2, 0) is 26.2 Å². The topological polar surface area (TPSA) is 86.8 Å². The summed E-state index contributed by atoms with van der Waals surface area (Å²) in [6.07, 6.45) is 0.361. The third kappa shape index (κ3) is 6.25. The van der Waals surface area contributed by atoms with Gasteiger partial charge in [-0.1, -0.05) is 73.1 Å². The zero-order chi connectivity index (χ0) is 26.3. The van der Waals surface area contributed by atoms with Crippen LogP contribution in [0, 0.1) is 6.92 Å². The van der Waals surface area contributed by atoms with Crippen LogP contribution in [0.2, 0.25) is 5.02 Å². The lowest BCUT2D eigenvalue weighted by molar-refractivity contribution is -0.140. The molecule has 1 atom stereocenters. The van der Waals surface area contributed by atoms with E-state index in [2.05, 4.69) is 5.32 Å². The van der Waals surface area contributed by atoms with Crippen LogP contribution >= 0.6 is 11.6 Å². The van der Waals surface area contributed by atoms with Gasteiger partial charge in [-0.3, -0.25) is 13.9 Å². The molecule has 190 valence electrons. The first-order valence-electron chi connectivity index (χ1n) is 11.6. The van der Waals surface area contributed by atoms with Crippen LogP contribution in [0.25, 0.3) is 0 Å². The average molecular weight is 528 g/mol. The summed E-state index contributed by atoms with van der Waals surface area (Å²) in [6, 6.07) is 21.3. The van der Waals surface area contributed by atoms with Crippen LogP contribution in [0.15, 0.2) is 83.8 Å².